The Morgan fingerprint density at radius 2 is 1.88 bits per heavy atom. The number of fused-ring (bicyclic) bond motifs is 4. The summed E-state index contributed by atoms with van der Waals surface area (Å²) in [4.78, 5) is 19.2. The van der Waals surface area contributed by atoms with Crippen molar-refractivity contribution in [2.24, 2.45) is 17.3 Å². The van der Waals surface area contributed by atoms with Gasteiger partial charge in [-0.2, -0.15) is 21.7 Å². The molecule has 0 radical (unpaired) electrons. The van der Waals surface area contributed by atoms with Crippen LogP contribution in [-0.4, -0.2) is 88.0 Å². The molecule has 3 aliphatic heterocycles. The van der Waals surface area contributed by atoms with Gasteiger partial charge in [-0.05, 0) is 98.4 Å². The van der Waals surface area contributed by atoms with Crippen molar-refractivity contribution in [1.82, 2.24) is 19.9 Å². The average molecular weight is 712 g/mol. The number of rotatable bonds is 6. The highest BCUT2D eigenvalue weighted by molar-refractivity contribution is 7.99. The fraction of sp³-hybridized carbons (Fsp3) is 0.525. The lowest BCUT2D eigenvalue weighted by Crippen LogP contribution is -2.55. The molecule has 8 nitrogen and oxygen atoms in total. The van der Waals surface area contributed by atoms with E-state index in [-0.39, 0.29) is 39.5 Å². The van der Waals surface area contributed by atoms with Crippen LogP contribution < -0.4 is 9.64 Å². The molecule has 5 heterocycles. The molecule has 266 valence electrons. The summed E-state index contributed by atoms with van der Waals surface area (Å²) in [5.74, 6) is 5.90. The number of benzene rings is 2. The molecule has 11 heteroatoms. The van der Waals surface area contributed by atoms with E-state index in [9.17, 15) is 9.50 Å². The molecule has 2 aliphatic carbocycles. The third kappa shape index (κ3) is 5.78. The van der Waals surface area contributed by atoms with Gasteiger partial charge < -0.3 is 19.5 Å². The molecule has 9 rings (SSSR count). The van der Waals surface area contributed by atoms with Crippen LogP contribution >= 0.6 is 11.8 Å². The van der Waals surface area contributed by atoms with Gasteiger partial charge in [0.25, 0.3) is 0 Å². The third-order valence-corrected chi connectivity index (χ3v) is 13.7. The number of piperidine rings is 1. The number of anilines is 1. The Hall–Kier alpha value is -3.72. The Bertz CT molecular complexity index is 2020. The normalized spacial score (nSPS) is 28.1. The number of hydrogen-bond acceptors (Lipinski definition) is 9. The highest BCUT2D eigenvalue weighted by atomic mass is 32.2. The van der Waals surface area contributed by atoms with Crippen molar-refractivity contribution in [1.29, 1.82) is 0 Å². The van der Waals surface area contributed by atoms with Crippen molar-refractivity contribution in [3.05, 3.63) is 47.7 Å². The van der Waals surface area contributed by atoms with Gasteiger partial charge in [-0.3, -0.25) is 9.88 Å². The zero-order valence-corrected chi connectivity index (χ0v) is 29.6. The number of nitrogens with zero attached hydrogens (tertiary/aromatic N) is 5. The van der Waals surface area contributed by atoms with Gasteiger partial charge in [0, 0.05) is 54.3 Å². The standard InChI is InChI=1S/C40H43F2N5O3S/c1-2-29-32(41)8-7-24-18-28(48)19-30(34(24)29)36-35(42)37-31(20-43-36)38(46-11-5-14-49-15-13-46)45-39(44-37)50-23-40-9-3-6-33(40)47(12-4-10-40)27-16-25-21-51-22-26(25)17-27/h1,7-8,18-20,25-27,33,48H,3-6,9-17,21-23H2. The van der Waals surface area contributed by atoms with Gasteiger partial charge >= 0.3 is 6.01 Å². The Labute approximate surface area is 301 Å². The summed E-state index contributed by atoms with van der Waals surface area (Å²) < 4.78 is 44.3. The number of terminal acetylenes is 1. The first-order valence-corrected chi connectivity index (χ1v) is 19.7. The van der Waals surface area contributed by atoms with Gasteiger partial charge in [-0.1, -0.05) is 18.4 Å². The lowest BCUT2D eigenvalue weighted by Gasteiger charge is -2.48. The summed E-state index contributed by atoms with van der Waals surface area (Å²) in [5.41, 5.74) is 0.149. The van der Waals surface area contributed by atoms with Crippen molar-refractivity contribution in [3.63, 3.8) is 0 Å². The molecule has 2 saturated carbocycles. The third-order valence-electron chi connectivity index (χ3n) is 12.4. The number of phenols is 1. The molecule has 0 bridgehead atoms. The second kappa shape index (κ2) is 13.4. The zero-order valence-electron chi connectivity index (χ0n) is 28.8. The minimum absolute atomic E-state index is 0.0117. The summed E-state index contributed by atoms with van der Waals surface area (Å²) in [5, 5.41) is 11.9. The maximum absolute atomic E-state index is 17.0. The average Bonchev–Trinajstić information content (AvgIpc) is 3.81. The van der Waals surface area contributed by atoms with Crippen LogP contribution in [0.15, 0.2) is 30.5 Å². The molecule has 4 unspecified atom stereocenters. The molecule has 4 atom stereocenters. The number of aromatic hydroxyl groups is 1. The lowest BCUT2D eigenvalue weighted by atomic mass is 9.75. The molecule has 0 spiro atoms. The van der Waals surface area contributed by atoms with Crippen molar-refractivity contribution in [3.8, 4) is 35.4 Å². The van der Waals surface area contributed by atoms with Crippen molar-refractivity contribution < 1.29 is 23.4 Å². The second-order valence-corrected chi connectivity index (χ2v) is 16.3. The van der Waals surface area contributed by atoms with Crippen molar-refractivity contribution >= 4 is 39.3 Å². The molecule has 2 aromatic heterocycles. The van der Waals surface area contributed by atoms with Gasteiger partial charge in [-0.25, -0.2) is 8.78 Å². The number of thioether (sulfide) groups is 1. The topological polar surface area (TPSA) is 83.8 Å². The Morgan fingerprint density at radius 1 is 1.04 bits per heavy atom. The predicted octanol–water partition coefficient (Wildman–Crippen LogP) is 7.19. The maximum Gasteiger partial charge on any atom is 0.319 e. The molecule has 1 N–H and O–H groups in total. The largest absolute Gasteiger partial charge is 0.508 e. The summed E-state index contributed by atoms with van der Waals surface area (Å²) >= 11 is 2.13. The second-order valence-electron chi connectivity index (χ2n) is 15.2. The molecule has 3 saturated heterocycles. The van der Waals surface area contributed by atoms with E-state index >= 15 is 4.39 Å². The fourth-order valence-corrected chi connectivity index (χ4v) is 11.6. The van der Waals surface area contributed by atoms with E-state index in [0.717, 1.165) is 44.1 Å². The van der Waals surface area contributed by atoms with Gasteiger partial charge in [0.2, 0.25) is 0 Å². The molecule has 5 fully saturated rings. The quantitative estimate of drug-likeness (QED) is 0.209. The van der Waals surface area contributed by atoms with Crippen LogP contribution in [0.3, 0.4) is 0 Å². The van der Waals surface area contributed by atoms with E-state index in [1.807, 2.05) is 0 Å². The summed E-state index contributed by atoms with van der Waals surface area (Å²) in [6.45, 7) is 4.07. The molecule has 51 heavy (non-hydrogen) atoms. The van der Waals surface area contributed by atoms with E-state index < -0.39 is 11.6 Å². The number of phenolic OH excluding ortho intramolecular Hbond substituents is 1. The summed E-state index contributed by atoms with van der Waals surface area (Å²) in [6, 6.07) is 6.88. The van der Waals surface area contributed by atoms with Gasteiger partial charge in [0.15, 0.2) is 5.82 Å². The molecule has 0 amide bonds. The van der Waals surface area contributed by atoms with Crippen molar-refractivity contribution in [2.75, 3.05) is 55.9 Å². The van der Waals surface area contributed by atoms with Crippen LogP contribution in [0.1, 0.15) is 56.9 Å². The van der Waals surface area contributed by atoms with Crippen molar-refractivity contribution in [2.45, 2.75) is 63.5 Å². The Balaban J connectivity index is 1.10. The number of halogens is 2. The lowest BCUT2D eigenvalue weighted by molar-refractivity contribution is -0.0223. The number of likely N-dealkylation sites (tertiary alicyclic amines) is 1. The van der Waals surface area contributed by atoms with Gasteiger partial charge in [0.05, 0.1) is 24.2 Å². The predicted molar refractivity (Wildman–Crippen MR) is 196 cm³/mol. The minimum Gasteiger partial charge on any atom is -0.508 e. The highest BCUT2D eigenvalue weighted by Gasteiger charge is 2.52. The molecule has 5 aliphatic rings. The smallest absolute Gasteiger partial charge is 0.319 e. The number of aromatic nitrogens is 3. The van der Waals surface area contributed by atoms with E-state index in [4.69, 9.17) is 25.9 Å². The summed E-state index contributed by atoms with van der Waals surface area (Å²) in [7, 11) is 0. The summed E-state index contributed by atoms with van der Waals surface area (Å²) in [6.07, 6.45) is 16.5. The van der Waals surface area contributed by atoms with E-state index in [1.54, 1.807) is 6.20 Å². The van der Waals surface area contributed by atoms with Crippen LogP contribution in [0.4, 0.5) is 14.6 Å². The molecular formula is C40H43F2N5O3S. The number of pyridine rings is 1. The van der Waals surface area contributed by atoms with Crippen LogP contribution in [0.2, 0.25) is 0 Å². The Morgan fingerprint density at radius 3 is 2.73 bits per heavy atom. The first-order chi connectivity index (χ1) is 24.9. The van der Waals surface area contributed by atoms with E-state index in [0.29, 0.717) is 67.0 Å². The highest BCUT2D eigenvalue weighted by Crippen LogP contribution is 2.52. The monoisotopic (exact) mass is 711 g/mol. The fourth-order valence-electron chi connectivity index (χ4n) is 10.0. The van der Waals surface area contributed by atoms with Gasteiger partial charge in [-0.15, -0.1) is 6.42 Å². The molecule has 2 aromatic carbocycles. The van der Waals surface area contributed by atoms with Crippen LogP contribution in [0, 0.1) is 41.2 Å². The first kappa shape index (κ1) is 33.1. The first-order valence-electron chi connectivity index (χ1n) is 18.5. The van der Waals surface area contributed by atoms with Crippen LogP contribution in [0.25, 0.3) is 32.9 Å². The zero-order chi connectivity index (χ0) is 34.7. The van der Waals surface area contributed by atoms with E-state index in [1.165, 1.54) is 61.5 Å². The van der Waals surface area contributed by atoms with Gasteiger partial charge in [0.1, 0.15) is 28.6 Å². The number of hydrogen-bond donors (Lipinski definition) is 1. The van der Waals surface area contributed by atoms with Crippen LogP contribution in [-0.2, 0) is 4.74 Å². The van der Waals surface area contributed by atoms with Crippen LogP contribution in [0.5, 0.6) is 11.8 Å². The SMILES string of the molecule is C#Cc1c(F)ccc2cc(O)cc(-c3ncc4c(N5CCCOCC5)nc(OCC56CCCC5N(C5CC7CSCC7C5)CCC6)nc4c3F)c12. The molecular weight excluding hydrogens is 669 g/mol. The molecule has 4 aromatic rings. The maximum atomic E-state index is 17.0. The Kier molecular flexibility index (Phi) is 8.68. The van der Waals surface area contributed by atoms with E-state index in [2.05, 4.69) is 32.5 Å². The number of ether oxygens (including phenoxy) is 2. The minimum atomic E-state index is -0.711.